The summed E-state index contributed by atoms with van der Waals surface area (Å²) in [6.07, 6.45) is 11.4. The minimum atomic E-state index is -0.850. The van der Waals surface area contributed by atoms with E-state index in [2.05, 4.69) is 30.0 Å². The standard InChI is InChI=1S/C21H25NO2S/c1-3-11-16(4-2)20(23)22-25-21(24)19(17-12-7-5-8-13-17)18-14-9-6-10-15-18/h3-5,7-9,12-16,19-20,22-23H,1-2,6,10-11H2. The van der Waals surface area contributed by atoms with Crippen LogP contribution in [0.5, 0.6) is 0 Å². The molecule has 4 heteroatoms. The zero-order chi connectivity index (χ0) is 18.1. The van der Waals surface area contributed by atoms with Gasteiger partial charge < -0.3 is 5.11 Å². The summed E-state index contributed by atoms with van der Waals surface area (Å²) < 4.78 is 2.86. The lowest BCUT2D eigenvalue weighted by Crippen LogP contribution is -2.32. The molecular weight excluding hydrogens is 330 g/mol. The summed E-state index contributed by atoms with van der Waals surface area (Å²) in [6.45, 7) is 7.40. The number of aliphatic hydroxyl groups excluding tert-OH is 1. The van der Waals surface area contributed by atoms with Crippen molar-refractivity contribution in [2.75, 3.05) is 0 Å². The minimum Gasteiger partial charge on any atom is -0.377 e. The van der Waals surface area contributed by atoms with E-state index in [4.69, 9.17) is 0 Å². The van der Waals surface area contributed by atoms with Gasteiger partial charge in [0.2, 0.25) is 5.12 Å². The van der Waals surface area contributed by atoms with Crippen LogP contribution in [0.2, 0.25) is 0 Å². The van der Waals surface area contributed by atoms with E-state index in [-0.39, 0.29) is 17.0 Å². The van der Waals surface area contributed by atoms with Crippen molar-refractivity contribution < 1.29 is 9.90 Å². The summed E-state index contributed by atoms with van der Waals surface area (Å²) in [5.41, 5.74) is 1.97. The number of nitrogens with one attached hydrogen (secondary N) is 1. The molecule has 0 saturated carbocycles. The van der Waals surface area contributed by atoms with E-state index in [1.165, 1.54) is 0 Å². The first kappa shape index (κ1) is 19.4. The fourth-order valence-electron chi connectivity index (χ4n) is 2.77. The third-order valence-electron chi connectivity index (χ3n) is 4.15. The van der Waals surface area contributed by atoms with Crippen LogP contribution in [-0.2, 0) is 4.79 Å². The average molecular weight is 356 g/mol. The molecule has 3 nitrogen and oxygen atoms in total. The van der Waals surface area contributed by atoms with Crippen LogP contribution in [-0.4, -0.2) is 16.4 Å². The maximum atomic E-state index is 12.9. The molecule has 1 aromatic carbocycles. The molecule has 3 atom stereocenters. The maximum absolute atomic E-state index is 12.9. The largest absolute Gasteiger partial charge is 0.377 e. The molecule has 0 amide bonds. The molecule has 1 aliphatic rings. The Balaban J connectivity index is 2.11. The summed E-state index contributed by atoms with van der Waals surface area (Å²) in [6, 6.07) is 9.75. The number of hydrogen-bond acceptors (Lipinski definition) is 4. The molecule has 3 unspecified atom stereocenters. The molecule has 0 aromatic heterocycles. The van der Waals surface area contributed by atoms with Gasteiger partial charge >= 0.3 is 0 Å². The second-order valence-electron chi connectivity index (χ2n) is 5.94. The van der Waals surface area contributed by atoms with Gasteiger partial charge in [0.25, 0.3) is 0 Å². The third-order valence-corrected chi connectivity index (χ3v) is 4.95. The smallest absolute Gasteiger partial charge is 0.215 e. The first-order valence-corrected chi connectivity index (χ1v) is 9.28. The van der Waals surface area contributed by atoms with E-state index in [1.807, 2.05) is 36.4 Å². The first-order chi connectivity index (χ1) is 12.2. The highest BCUT2D eigenvalue weighted by atomic mass is 32.2. The molecule has 1 aromatic rings. The molecule has 0 aliphatic heterocycles. The summed E-state index contributed by atoms with van der Waals surface area (Å²) in [7, 11) is 0. The van der Waals surface area contributed by atoms with Gasteiger partial charge in [0, 0.05) is 5.92 Å². The van der Waals surface area contributed by atoms with Crippen LogP contribution in [0.1, 0.15) is 30.7 Å². The van der Waals surface area contributed by atoms with Crippen molar-refractivity contribution in [1.82, 2.24) is 4.72 Å². The Kier molecular flexibility index (Phi) is 7.92. The van der Waals surface area contributed by atoms with Crippen LogP contribution in [0, 0.1) is 5.92 Å². The zero-order valence-corrected chi connectivity index (χ0v) is 15.1. The number of carbonyl (C=O) groups is 1. The molecule has 25 heavy (non-hydrogen) atoms. The highest BCUT2D eigenvalue weighted by Gasteiger charge is 2.26. The van der Waals surface area contributed by atoms with Crippen molar-refractivity contribution >= 4 is 17.1 Å². The fourth-order valence-corrected chi connectivity index (χ4v) is 3.57. The Morgan fingerprint density at radius 1 is 1.28 bits per heavy atom. The zero-order valence-electron chi connectivity index (χ0n) is 14.3. The lowest BCUT2D eigenvalue weighted by atomic mass is 9.89. The van der Waals surface area contributed by atoms with Crippen LogP contribution in [0.4, 0.5) is 0 Å². The van der Waals surface area contributed by atoms with Gasteiger partial charge in [-0.1, -0.05) is 60.7 Å². The van der Waals surface area contributed by atoms with Gasteiger partial charge in [-0.2, -0.15) is 0 Å². The Labute approximate surface area is 154 Å². The SMILES string of the molecule is C=CCC(C=C)C(O)NSC(=O)C(C1=CCCC=C1)c1ccccc1. The lowest BCUT2D eigenvalue weighted by molar-refractivity contribution is -0.111. The Hall–Kier alpha value is -1.88. The molecule has 0 heterocycles. The van der Waals surface area contributed by atoms with Gasteiger partial charge in [-0.15, -0.1) is 13.2 Å². The second kappa shape index (κ2) is 10.2. The Morgan fingerprint density at radius 3 is 2.64 bits per heavy atom. The van der Waals surface area contributed by atoms with Crippen molar-refractivity contribution in [2.45, 2.75) is 31.4 Å². The second-order valence-corrected chi connectivity index (χ2v) is 6.78. The molecule has 0 spiro atoms. The summed E-state index contributed by atoms with van der Waals surface area (Å²) in [5.74, 6) is -0.522. The van der Waals surface area contributed by atoms with Crippen molar-refractivity contribution in [2.24, 2.45) is 5.92 Å². The minimum absolute atomic E-state index is 0.0375. The van der Waals surface area contributed by atoms with Crippen LogP contribution in [0.25, 0.3) is 0 Å². The quantitative estimate of drug-likeness (QED) is 0.389. The Morgan fingerprint density at radius 2 is 2.04 bits per heavy atom. The molecule has 0 bridgehead atoms. The van der Waals surface area contributed by atoms with Gasteiger partial charge in [-0.3, -0.25) is 4.79 Å². The normalized spacial score (nSPS) is 17.2. The van der Waals surface area contributed by atoms with E-state index in [0.717, 1.165) is 35.9 Å². The maximum Gasteiger partial charge on any atom is 0.215 e. The van der Waals surface area contributed by atoms with E-state index >= 15 is 0 Å². The Bertz CT molecular complexity index is 651. The van der Waals surface area contributed by atoms with Gasteiger partial charge in [0.1, 0.15) is 6.23 Å². The summed E-state index contributed by atoms with van der Waals surface area (Å²) >= 11 is 0.955. The van der Waals surface area contributed by atoms with E-state index in [9.17, 15) is 9.90 Å². The highest BCUT2D eigenvalue weighted by molar-refractivity contribution is 8.12. The molecule has 132 valence electrons. The van der Waals surface area contributed by atoms with Crippen LogP contribution in [0.15, 0.2) is 79.4 Å². The van der Waals surface area contributed by atoms with Gasteiger partial charge in [0.05, 0.1) is 5.92 Å². The number of rotatable bonds is 9. The van der Waals surface area contributed by atoms with Crippen LogP contribution in [0.3, 0.4) is 0 Å². The molecule has 2 rings (SSSR count). The molecule has 2 N–H and O–H groups in total. The van der Waals surface area contributed by atoms with E-state index in [0.29, 0.717) is 6.42 Å². The average Bonchev–Trinajstić information content (AvgIpc) is 2.66. The number of hydrogen-bond donors (Lipinski definition) is 2. The van der Waals surface area contributed by atoms with Gasteiger partial charge in [0.15, 0.2) is 0 Å². The van der Waals surface area contributed by atoms with E-state index in [1.54, 1.807) is 12.2 Å². The highest BCUT2D eigenvalue weighted by Crippen LogP contribution is 2.32. The van der Waals surface area contributed by atoms with E-state index < -0.39 is 6.23 Å². The van der Waals surface area contributed by atoms with Crippen molar-refractivity contribution in [3.8, 4) is 0 Å². The molecule has 0 saturated heterocycles. The number of benzene rings is 1. The number of allylic oxidation sites excluding steroid dienone is 5. The van der Waals surface area contributed by atoms with Crippen LogP contribution < -0.4 is 4.72 Å². The van der Waals surface area contributed by atoms with Crippen LogP contribution >= 0.6 is 11.9 Å². The van der Waals surface area contributed by atoms with Gasteiger partial charge in [-0.25, -0.2) is 4.72 Å². The summed E-state index contributed by atoms with van der Waals surface area (Å²) in [5, 5.41) is 10.2. The molecule has 0 radical (unpaired) electrons. The first-order valence-electron chi connectivity index (χ1n) is 8.46. The third kappa shape index (κ3) is 5.56. The molecule has 1 aliphatic carbocycles. The number of carbonyl (C=O) groups excluding carboxylic acids is 1. The van der Waals surface area contributed by atoms with Crippen molar-refractivity contribution in [3.05, 3.63) is 85.0 Å². The number of aliphatic hydroxyl groups is 1. The monoisotopic (exact) mass is 355 g/mol. The molecule has 0 fully saturated rings. The van der Waals surface area contributed by atoms with Gasteiger partial charge in [-0.05, 0) is 42.3 Å². The predicted octanol–water partition coefficient (Wildman–Crippen LogP) is 4.51. The summed E-state index contributed by atoms with van der Waals surface area (Å²) in [4.78, 5) is 12.9. The topological polar surface area (TPSA) is 49.3 Å². The van der Waals surface area contributed by atoms with Crippen molar-refractivity contribution in [3.63, 3.8) is 0 Å². The predicted molar refractivity (Wildman–Crippen MR) is 106 cm³/mol. The lowest BCUT2D eigenvalue weighted by Gasteiger charge is -2.22. The molecular formula is C21H25NO2S. The fraction of sp³-hybridized carbons (Fsp3) is 0.286. The van der Waals surface area contributed by atoms with Crippen molar-refractivity contribution in [1.29, 1.82) is 0 Å².